The Labute approximate surface area is 234 Å². The van der Waals surface area contributed by atoms with Gasteiger partial charge in [0.25, 0.3) is 5.91 Å². The molecule has 8 heteroatoms. The fraction of sp³-hybridized carbons (Fsp3) is 0.467. The van der Waals surface area contributed by atoms with Gasteiger partial charge in [-0.1, -0.05) is 22.0 Å². The van der Waals surface area contributed by atoms with E-state index in [4.69, 9.17) is 0 Å². The first-order chi connectivity index (χ1) is 18.3. The number of hydrogen-bond acceptors (Lipinski definition) is 6. The zero-order valence-electron chi connectivity index (χ0n) is 22.6. The molecule has 4 heterocycles. The van der Waals surface area contributed by atoms with Crippen molar-refractivity contribution in [2.75, 3.05) is 31.1 Å². The number of anilines is 1. The van der Waals surface area contributed by atoms with Gasteiger partial charge in [0.2, 0.25) is 0 Å². The minimum absolute atomic E-state index is 0.0712. The molecular weight excluding hydrogens is 540 g/mol. The first kappa shape index (κ1) is 26.8. The topological polar surface area (TPSA) is 65.5 Å². The SMILES string of the molecule is Cc1ncnc(C)c1C(=O)N1CCC(C)(N2CCC(N(Cc3cccnc3)c3ccc(Br)cc3)CC2)CC1. The highest BCUT2D eigenvalue weighted by molar-refractivity contribution is 9.10. The number of halogens is 1. The van der Waals surface area contributed by atoms with Crippen LogP contribution in [0.25, 0.3) is 0 Å². The van der Waals surface area contributed by atoms with Gasteiger partial charge in [-0.2, -0.15) is 0 Å². The van der Waals surface area contributed by atoms with Crippen molar-refractivity contribution in [2.24, 2.45) is 0 Å². The van der Waals surface area contributed by atoms with E-state index in [-0.39, 0.29) is 11.4 Å². The molecule has 0 radical (unpaired) electrons. The molecule has 1 aromatic carbocycles. The first-order valence-electron chi connectivity index (χ1n) is 13.6. The molecule has 200 valence electrons. The summed E-state index contributed by atoms with van der Waals surface area (Å²) >= 11 is 3.58. The van der Waals surface area contributed by atoms with Gasteiger partial charge in [0.05, 0.1) is 17.0 Å². The number of nitrogens with zero attached hydrogens (tertiary/aromatic N) is 6. The van der Waals surface area contributed by atoms with E-state index in [9.17, 15) is 4.79 Å². The van der Waals surface area contributed by atoms with Crippen LogP contribution in [0.1, 0.15) is 59.9 Å². The summed E-state index contributed by atoms with van der Waals surface area (Å²) in [4.78, 5) is 33.4. The van der Waals surface area contributed by atoms with Crippen LogP contribution >= 0.6 is 15.9 Å². The average molecular weight is 578 g/mol. The van der Waals surface area contributed by atoms with Crippen LogP contribution in [0.15, 0.2) is 59.6 Å². The van der Waals surface area contributed by atoms with Gasteiger partial charge in [0.15, 0.2) is 0 Å². The van der Waals surface area contributed by atoms with E-state index in [2.05, 4.69) is 77.9 Å². The van der Waals surface area contributed by atoms with Gasteiger partial charge in [-0.15, -0.1) is 0 Å². The number of likely N-dealkylation sites (tertiary alicyclic amines) is 2. The number of benzene rings is 1. The smallest absolute Gasteiger partial charge is 0.257 e. The summed E-state index contributed by atoms with van der Waals surface area (Å²) in [5.74, 6) is 0.0712. The Balaban J connectivity index is 1.22. The van der Waals surface area contributed by atoms with Crippen LogP contribution in [0.2, 0.25) is 0 Å². The lowest BCUT2D eigenvalue weighted by Gasteiger charge is -2.50. The van der Waals surface area contributed by atoms with Crippen LogP contribution in [0.3, 0.4) is 0 Å². The van der Waals surface area contributed by atoms with E-state index in [0.717, 1.165) is 74.3 Å². The number of amides is 1. The van der Waals surface area contributed by atoms with Gasteiger partial charge in [-0.25, -0.2) is 9.97 Å². The maximum absolute atomic E-state index is 13.3. The minimum Gasteiger partial charge on any atom is -0.364 e. The third-order valence-electron chi connectivity index (χ3n) is 8.47. The molecule has 38 heavy (non-hydrogen) atoms. The molecule has 2 saturated heterocycles. The third-order valence-corrected chi connectivity index (χ3v) is 9.00. The molecule has 0 atom stereocenters. The van der Waals surface area contributed by atoms with Gasteiger partial charge in [0, 0.05) is 66.9 Å². The van der Waals surface area contributed by atoms with Crippen molar-refractivity contribution in [2.45, 2.75) is 64.6 Å². The largest absolute Gasteiger partial charge is 0.364 e. The highest BCUT2D eigenvalue weighted by Gasteiger charge is 2.39. The molecule has 7 nitrogen and oxygen atoms in total. The van der Waals surface area contributed by atoms with Crippen LogP contribution in [-0.2, 0) is 6.54 Å². The molecule has 2 aliphatic rings. The second-order valence-electron chi connectivity index (χ2n) is 10.9. The van der Waals surface area contributed by atoms with Crippen LogP contribution in [0.5, 0.6) is 0 Å². The van der Waals surface area contributed by atoms with Crippen LogP contribution in [0.4, 0.5) is 5.69 Å². The fourth-order valence-electron chi connectivity index (χ4n) is 6.04. The quantitative estimate of drug-likeness (QED) is 0.390. The average Bonchev–Trinajstić information content (AvgIpc) is 2.93. The molecule has 1 amide bonds. The summed E-state index contributed by atoms with van der Waals surface area (Å²) in [6, 6.07) is 13.3. The minimum atomic E-state index is 0.0712. The Morgan fingerprint density at radius 2 is 1.68 bits per heavy atom. The van der Waals surface area contributed by atoms with E-state index < -0.39 is 0 Å². The third kappa shape index (κ3) is 5.76. The number of pyridine rings is 1. The number of aryl methyl sites for hydroxylation is 2. The molecule has 0 spiro atoms. The second kappa shape index (κ2) is 11.5. The Hall–Kier alpha value is -2.84. The summed E-state index contributed by atoms with van der Waals surface area (Å²) in [6.07, 6.45) is 9.56. The van der Waals surface area contributed by atoms with Gasteiger partial charge in [-0.05, 0) is 82.3 Å². The molecule has 2 aliphatic heterocycles. The highest BCUT2D eigenvalue weighted by Crippen LogP contribution is 2.34. The van der Waals surface area contributed by atoms with Crippen LogP contribution < -0.4 is 4.90 Å². The van der Waals surface area contributed by atoms with E-state index in [1.807, 2.05) is 37.2 Å². The van der Waals surface area contributed by atoms with Crippen molar-refractivity contribution >= 4 is 27.5 Å². The van der Waals surface area contributed by atoms with Crippen molar-refractivity contribution in [3.63, 3.8) is 0 Å². The molecule has 2 aromatic heterocycles. The monoisotopic (exact) mass is 576 g/mol. The first-order valence-corrected chi connectivity index (χ1v) is 14.4. The molecule has 0 saturated carbocycles. The maximum atomic E-state index is 13.3. The second-order valence-corrected chi connectivity index (χ2v) is 11.8. The van der Waals surface area contributed by atoms with Crippen molar-refractivity contribution in [3.05, 3.63) is 82.1 Å². The normalized spacial score (nSPS) is 18.4. The highest BCUT2D eigenvalue weighted by atomic mass is 79.9. The van der Waals surface area contributed by atoms with E-state index in [1.54, 1.807) is 0 Å². The lowest BCUT2D eigenvalue weighted by Crippen LogP contribution is -2.58. The zero-order valence-corrected chi connectivity index (χ0v) is 24.2. The van der Waals surface area contributed by atoms with Gasteiger partial charge >= 0.3 is 0 Å². The summed E-state index contributed by atoms with van der Waals surface area (Å²) in [6.45, 7) is 10.7. The van der Waals surface area contributed by atoms with Crippen molar-refractivity contribution in [3.8, 4) is 0 Å². The number of aromatic nitrogens is 3. The standard InChI is InChI=1S/C30H37BrN6O/c1-22-28(23(2)34-21-33-22)29(38)35-17-12-30(3,13-18-35)36-15-10-27(11-16-36)37(20-24-5-4-14-32-19-24)26-8-6-25(31)7-9-26/h4-9,14,19,21,27H,10-13,15-18,20H2,1-3H3. The van der Waals surface area contributed by atoms with Crippen molar-refractivity contribution in [1.82, 2.24) is 24.8 Å². The number of piperidine rings is 2. The maximum Gasteiger partial charge on any atom is 0.257 e. The predicted octanol–water partition coefficient (Wildman–Crippen LogP) is 5.42. The molecule has 3 aromatic rings. The predicted molar refractivity (Wildman–Crippen MR) is 154 cm³/mol. The molecule has 5 rings (SSSR count). The summed E-state index contributed by atoms with van der Waals surface area (Å²) in [7, 11) is 0. The van der Waals surface area contributed by atoms with Crippen molar-refractivity contribution < 1.29 is 4.79 Å². The fourth-order valence-corrected chi connectivity index (χ4v) is 6.30. The molecule has 0 bridgehead atoms. The molecule has 0 aliphatic carbocycles. The number of carbonyl (C=O) groups excluding carboxylic acids is 1. The number of carbonyl (C=O) groups is 1. The van der Waals surface area contributed by atoms with E-state index in [1.165, 1.54) is 17.6 Å². The Bertz CT molecular complexity index is 1220. The lowest BCUT2D eigenvalue weighted by molar-refractivity contribution is 0.0170. The lowest BCUT2D eigenvalue weighted by atomic mass is 9.85. The van der Waals surface area contributed by atoms with Gasteiger partial charge in [-0.3, -0.25) is 14.7 Å². The summed E-state index contributed by atoms with van der Waals surface area (Å²) < 4.78 is 1.10. The number of hydrogen-bond donors (Lipinski definition) is 0. The Morgan fingerprint density at radius 3 is 2.29 bits per heavy atom. The number of rotatable bonds is 6. The molecular formula is C30H37BrN6O. The van der Waals surface area contributed by atoms with Gasteiger partial charge < -0.3 is 9.80 Å². The van der Waals surface area contributed by atoms with E-state index >= 15 is 0 Å². The molecule has 2 fully saturated rings. The Morgan fingerprint density at radius 1 is 1.03 bits per heavy atom. The van der Waals surface area contributed by atoms with Gasteiger partial charge in [0.1, 0.15) is 6.33 Å². The van der Waals surface area contributed by atoms with Crippen molar-refractivity contribution in [1.29, 1.82) is 0 Å². The van der Waals surface area contributed by atoms with Crippen LogP contribution in [-0.4, -0.2) is 68.4 Å². The van der Waals surface area contributed by atoms with Crippen LogP contribution in [0, 0.1) is 13.8 Å². The summed E-state index contributed by atoms with van der Waals surface area (Å²) in [5, 5.41) is 0. The zero-order chi connectivity index (χ0) is 26.7. The Kier molecular flexibility index (Phi) is 8.09. The molecule has 0 unspecified atom stereocenters. The molecule has 0 N–H and O–H groups in total. The summed E-state index contributed by atoms with van der Waals surface area (Å²) in [5.41, 5.74) is 4.79. The van der Waals surface area contributed by atoms with E-state index in [0.29, 0.717) is 11.6 Å².